The van der Waals surface area contributed by atoms with E-state index in [1.807, 2.05) is 49.4 Å². The maximum absolute atomic E-state index is 14.5. The maximum Gasteiger partial charge on any atom is 0.227 e. The fraction of sp³-hybridized carbons (Fsp3) is 0.179. The van der Waals surface area contributed by atoms with Gasteiger partial charge in [0.2, 0.25) is 5.95 Å². The molecule has 1 saturated heterocycles. The molecule has 1 fully saturated rings. The van der Waals surface area contributed by atoms with Crippen LogP contribution in [0.1, 0.15) is 5.69 Å². The van der Waals surface area contributed by atoms with Crippen molar-refractivity contribution in [3.63, 3.8) is 0 Å². The molecule has 190 valence electrons. The standard InChI is InChI=1S/C28H25FN8O/c1-19-2-3-20(17-31-19)27-32-18-37(35-27)24-6-4-23(5-7-24)33-28-30-9-8-26(34-28)21-14-22(29)16-25(15-21)36-10-12-38-13-11-36/h2-9,14-18H,10-13H2,1H3,(H,30,33,34). The van der Waals surface area contributed by atoms with E-state index in [0.717, 1.165) is 41.4 Å². The van der Waals surface area contributed by atoms with Crippen LogP contribution in [0, 0.1) is 12.7 Å². The fourth-order valence-corrected chi connectivity index (χ4v) is 4.25. The van der Waals surface area contributed by atoms with E-state index >= 15 is 0 Å². The van der Waals surface area contributed by atoms with Crippen molar-refractivity contribution in [2.45, 2.75) is 6.92 Å². The summed E-state index contributed by atoms with van der Waals surface area (Å²) < 4.78 is 21.6. The van der Waals surface area contributed by atoms with Crippen LogP contribution < -0.4 is 10.2 Å². The second-order valence-electron chi connectivity index (χ2n) is 8.94. The monoisotopic (exact) mass is 508 g/mol. The van der Waals surface area contributed by atoms with Crippen molar-refractivity contribution < 1.29 is 9.13 Å². The molecule has 0 unspecified atom stereocenters. The SMILES string of the molecule is Cc1ccc(-c2ncn(-c3ccc(Nc4nccc(-c5cc(F)cc(N6CCOCC6)c5)n4)cc3)n2)cn1. The van der Waals surface area contributed by atoms with Gasteiger partial charge in [0.05, 0.1) is 24.6 Å². The van der Waals surface area contributed by atoms with E-state index in [0.29, 0.717) is 36.2 Å². The van der Waals surface area contributed by atoms with Crippen LogP contribution in [-0.4, -0.2) is 56.0 Å². The molecule has 0 radical (unpaired) electrons. The van der Waals surface area contributed by atoms with Crippen molar-refractivity contribution in [3.05, 3.63) is 90.9 Å². The Kier molecular flexibility index (Phi) is 6.45. The summed E-state index contributed by atoms with van der Waals surface area (Å²) in [5, 5.41) is 7.79. The second-order valence-corrected chi connectivity index (χ2v) is 8.94. The number of rotatable bonds is 6. The lowest BCUT2D eigenvalue weighted by Gasteiger charge is -2.29. The van der Waals surface area contributed by atoms with Gasteiger partial charge in [-0.15, -0.1) is 5.10 Å². The molecule has 10 heteroatoms. The molecule has 1 aliphatic rings. The number of morpholine rings is 1. The molecule has 0 atom stereocenters. The lowest BCUT2D eigenvalue weighted by Crippen LogP contribution is -2.36. The Balaban J connectivity index is 1.18. The van der Waals surface area contributed by atoms with E-state index in [4.69, 9.17) is 4.74 Å². The van der Waals surface area contributed by atoms with Crippen molar-refractivity contribution in [2.75, 3.05) is 36.5 Å². The molecule has 0 spiro atoms. The first-order chi connectivity index (χ1) is 18.6. The summed E-state index contributed by atoms with van der Waals surface area (Å²) in [5.74, 6) is 0.726. The predicted octanol–water partition coefficient (Wildman–Crippen LogP) is 4.81. The molecule has 0 aliphatic carbocycles. The molecule has 9 nitrogen and oxygen atoms in total. The van der Waals surface area contributed by atoms with Gasteiger partial charge < -0.3 is 15.0 Å². The van der Waals surface area contributed by atoms with Gasteiger partial charge in [0.25, 0.3) is 0 Å². The first-order valence-electron chi connectivity index (χ1n) is 12.3. The first-order valence-corrected chi connectivity index (χ1v) is 12.3. The topological polar surface area (TPSA) is 93.9 Å². The number of benzene rings is 2. The van der Waals surface area contributed by atoms with Crippen LogP contribution in [0.2, 0.25) is 0 Å². The average Bonchev–Trinajstić information content (AvgIpc) is 3.45. The molecule has 0 bridgehead atoms. The van der Waals surface area contributed by atoms with Crippen molar-refractivity contribution in [2.24, 2.45) is 0 Å². The molecule has 2 aromatic carbocycles. The van der Waals surface area contributed by atoms with Gasteiger partial charge in [0.15, 0.2) is 5.82 Å². The number of nitrogens with one attached hydrogen (secondary N) is 1. The normalized spacial score (nSPS) is 13.5. The highest BCUT2D eigenvalue weighted by Crippen LogP contribution is 2.27. The van der Waals surface area contributed by atoms with Crippen molar-refractivity contribution in [1.82, 2.24) is 29.7 Å². The van der Waals surface area contributed by atoms with Gasteiger partial charge >= 0.3 is 0 Å². The highest BCUT2D eigenvalue weighted by Gasteiger charge is 2.14. The molecule has 3 aromatic heterocycles. The van der Waals surface area contributed by atoms with Gasteiger partial charge in [-0.1, -0.05) is 0 Å². The lowest BCUT2D eigenvalue weighted by atomic mass is 10.1. The Morgan fingerprint density at radius 2 is 1.71 bits per heavy atom. The van der Waals surface area contributed by atoms with Gasteiger partial charge in [-0.25, -0.2) is 24.0 Å². The van der Waals surface area contributed by atoms with E-state index in [9.17, 15) is 4.39 Å². The molecule has 1 N–H and O–H groups in total. The number of aryl methyl sites for hydroxylation is 1. The lowest BCUT2D eigenvalue weighted by molar-refractivity contribution is 0.122. The quantitative estimate of drug-likeness (QED) is 0.349. The smallest absolute Gasteiger partial charge is 0.227 e. The summed E-state index contributed by atoms with van der Waals surface area (Å²) in [6.45, 7) is 4.67. The molecule has 5 aromatic rings. The number of halogens is 1. The van der Waals surface area contributed by atoms with Gasteiger partial charge in [-0.3, -0.25) is 4.98 Å². The van der Waals surface area contributed by atoms with Gasteiger partial charge in [0.1, 0.15) is 12.1 Å². The van der Waals surface area contributed by atoms with E-state index < -0.39 is 0 Å². The summed E-state index contributed by atoms with van der Waals surface area (Å²) in [6.07, 6.45) is 5.10. The molecule has 6 rings (SSSR count). The Hall–Kier alpha value is -4.70. The van der Waals surface area contributed by atoms with Gasteiger partial charge in [0, 0.05) is 53.7 Å². The first kappa shape index (κ1) is 23.7. The maximum atomic E-state index is 14.5. The minimum Gasteiger partial charge on any atom is -0.378 e. The largest absolute Gasteiger partial charge is 0.378 e. The number of aromatic nitrogens is 6. The Morgan fingerprint density at radius 3 is 2.50 bits per heavy atom. The minimum absolute atomic E-state index is 0.303. The van der Waals surface area contributed by atoms with Crippen LogP contribution in [0.5, 0.6) is 0 Å². The number of anilines is 3. The number of ether oxygens (including phenoxy) is 1. The minimum atomic E-state index is -0.303. The van der Waals surface area contributed by atoms with Gasteiger partial charge in [-0.05, 0) is 67.6 Å². The molecular weight excluding hydrogens is 483 g/mol. The summed E-state index contributed by atoms with van der Waals surface area (Å²) in [4.78, 5) is 19.8. The van der Waals surface area contributed by atoms with Crippen molar-refractivity contribution in [1.29, 1.82) is 0 Å². The molecule has 38 heavy (non-hydrogen) atoms. The highest BCUT2D eigenvalue weighted by molar-refractivity contribution is 5.67. The third kappa shape index (κ3) is 5.21. The average molecular weight is 509 g/mol. The number of pyridine rings is 1. The summed E-state index contributed by atoms with van der Waals surface area (Å²) in [7, 11) is 0. The van der Waals surface area contributed by atoms with E-state index in [-0.39, 0.29) is 5.82 Å². The van der Waals surface area contributed by atoms with E-state index in [1.54, 1.807) is 35.5 Å². The van der Waals surface area contributed by atoms with Crippen molar-refractivity contribution >= 4 is 17.3 Å². The number of nitrogens with zero attached hydrogens (tertiary/aromatic N) is 7. The third-order valence-electron chi connectivity index (χ3n) is 6.26. The summed E-state index contributed by atoms with van der Waals surface area (Å²) in [6, 6.07) is 18.3. The number of hydrogen-bond acceptors (Lipinski definition) is 8. The van der Waals surface area contributed by atoms with Crippen LogP contribution >= 0.6 is 0 Å². The highest BCUT2D eigenvalue weighted by atomic mass is 19.1. The Labute approximate surface area is 219 Å². The van der Waals surface area contributed by atoms with Crippen LogP contribution in [0.3, 0.4) is 0 Å². The van der Waals surface area contributed by atoms with Crippen LogP contribution in [0.4, 0.5) is 21.7 Å². The Morgan fingerprint density at radius 1 is 0.868 bits per heavy atom. The third-order valence-corrected chi connectivity index (χ3v) is 6.26. The van der Waals surface area contributed by atoms with Crippen LogP contribution in [0.15, 0.2) is 79.4 Å². The molecular formula is C28H25FN8O. The van der Waals surface area contributed by atoms with Crippen LogP contribution in [-0.2, 0) is 4.74 Å². The Bertz CT molecular complexity index is 1550. The molecule has 1 aliphatic heterocycles. The summed E-state index contributed by atoms with van der Waals surface area (Å²) >= 11 is 0. The molecule has 0 amide bonds. The number of hydrogen-bond donors (Lipinski definition) is 1. The predicted molar refractivity (Wildman–Crippen MR) is 143 cm³/mol. The molecule has 4 heterocycles. The molecule has 0 saturated carbocycles. The van der Waals surface area contributed by atoms with Crippen LogP contribution in [0.25, 0.3) is 28.3 Å². The van der Waals surface area contributed by atoms with Crippen molar-refractivity contribution in [3.8, 4) is 28.3 Å². The second kappa shape index (κ2) is 10.3. The van der Waals surface area contributed by atoms with Gasteiger partial charge in [-0.2, -0.15) is 0 Å². The van der Waals surface area contributed by atoms with E-state index in [2.05, 4.69) is 35.3 Å². The fourth-order valence-electron chi connectivity index (χ4n) is 4.25. The zero-order valence-electron chi connectivity index (χ0n) is 20.8. The zero-order valence-corrected chi connectivity index (χ0v) is 20.8. The summed E-state index contributed by atoms with van der Waals surface area (Å²) in [5.41, 5.74) is 5.62. The van der Waals surface area contributed by atoms with E-state index in [1.165, 1.54) is 6.07 Å². The zero-order chi connectivity index (χ0) is 25.9.